The number of rotatable bonds is 2. The topological polar surface area (TPSA) is 33.6 Å². The van der Waals surface area contributed by atoms with Crippen LogP contribution in [0.5, 0.6) is 0 Å². The Morgan fingerprint density at radius 1 is 1.28 bits per heavy atom. The van der Waals surface area contributed by atoms with E-state index in [-0.39, 0.29) is 5.41 Å². The summed E-state index contributed by atoms with van der Waals surface area (Å²) in [5.41, 5.74) is 2.48. The molecular formula is C14H19N3S. The number of H-pyrrole nitrogens is 1. The van der Waals surface area contributed by atoms with E-state index >= 15 is 0 Å². The predicted molar refractivity (Wildman–Crippen MR) is 76.8 cm³/mol. The average Bonchev–Trinajstić information content (AvgIpc) is 2.69. The normalized spacial score (nSPS) is 11.8. The molecule has 3 nitrogen and oxygen atoms in total. The van der Waals surface area contributed by atoms with Gasteiger partial charge in [0, 0.05) is 6.42 Å². The zero-order chi connectivity index (χ0) is 13.3. The Morgan fingerprint density at radius 3 is 2.56 bits per heavy atom. The van der Waals surface area contributed by atoms with Crippen molar-refractivity contribution in [2.45, 2.75) is 39.5 Å². The SMILES string of the molecule is CCc1n[nH]c(=S)n1-c1ccccc1C(C)(C)C. The minimum Gasteiger partial charge on any atom is -0.272 e. The molecule has 0 amide bonds. The van der Waals surface area contributed by atoms with Crippen molar-refractivity contribution in [1.82, 2.24) is 14.8 Å². The van der Waals surface area contributed by atoms with E-state index in [1.165, 1.54) is 5.56 Å². The van der Waals surface area contributed by atoms with Gasteiger partial charge in [-0.2, -0.15) is 5.10 Å². The first-order valence-electron chi connectivity index (χ1n) is 6.21. The maximum absolute atomic E-state index is 5.35. The lowest BCUT2D eigenvalue weighted by Crippen LogP contribution is -2.16. The molecule has 0 aliphatic carbocycles. The molecule has 2 aromatic rings. The molecule has 96 valence electrons. The summed E-state index contributed by atoms with van der Waals surface area (Å²) in [4.78, 5) is 0. The van der Waals surface area contributed by atoms with Crippen LogP contribution in [0.3, 0.4) is 0 Å². The first-order valence-corrected chi connectivity index (χ1v) is 6.62. The average molecular weight is 261 g/mol. The molecule has 0 saturated carbocycles. The fraction of sp³-hybridized carbons (Fsp3) is 0.429. The van der Waals surface area contributed by atoms with E-state index in [0.717, 1.165) is 17.9 Å². The molecule has 0 aliphatic rings. The van der Waals surface area contributed by atoms with Gasteiger partial charge in [-0.05, 0) is 29.3 Å². The fourth-order valence-electron chi connectivity index (χ4n) is 2.12. The minimum absolute atomic E-state index is 0.0770. The van der Waals surface area contributed by atoms with Gasteiger partial charge in [0.15, 0.2) is 4.77 Å². The first-order chi connectivity index (χ1) is 8.45. The molecule has 1 aromatic heterocycles. The summed E-state index contributed by atoms with van der Waals surface area (Å²) in [6.07, 6.45) is 0.853. The quantitative estimate of drug-likeness (QED) is 0.834. The molecule has 1 N–H and O–H groups in total. The Hall–Kier alpha value is -1.42. The van der Waals surface area contributed by atoms with E-state index in [9.17, 15) is 0 Å². The summed E-state index contributed by atoms with van der Waals surface area (Å²) in [7, 11) is 0. The van der Waals surface area contributed by atoms with Crippen molar-refractivity contribution in [2.75, 3.05) is 0 Å². The molecule has 0 radical (unpaired) electrons. The van der Waals surface area contributed by atoms with Crippen LogP contribution in [-0.2, 0) is 11.8 Å². The Morgan fingerprint density at radius 2 is 1.94 bits per heavy atom. The molecule has 0 aliphatic heterocycles. The number of aryl methyl sites for hydroxylation is 1. The molecule has 18 heavy (non-hydrogen) atoms. The highest BCUT2D eigenvalue weighted by Gasteiger charge is 2.20. The van der Waals surface area contributed by atoms with Gasteiger partial charge in [-0.15, -0.1) is 0 Å². The maximum Gasteiger partial charge on any atom is 0.199 e. The highest BCUT2D eigenvalue weighted by molar-refractivity contribution is 7.71. The number of benzene rings is 1. The Bertz CT molecular complexity index is 602. The summed E-state index contributed by atoms with van der Waals surface area (Å²) in [6, 6.07) is 8.37. The Balaban J connectivity index is 2.72. The summed E-state index contributed by atoms with van der Waals surface area (Å²) in [5.74, 6) is 0.969. The molecule has 0 unspecified atom stereocenters. The third-order valence-electron chi connectivity index (χ3n) is 3.01. The lowest BCUT2D eigenvalue weighted by Gasteiger charge is -2.23. The van der Waals surface area contributed by atoms with Crippen molar-refractivity contribution in [3.8, 4) is 5.69 Å². The number of para-hydroxylation sites is 1. The highest BCUT2D eigenvalue weighted by Crippen LogP contribution is 2.28. The number of nitrogens with zero attached hydrogens (tertiary/aromatic N) is 2. The molecule has 0 spiro atoms. The molecule has 2 rings (SSSR count). The van der Waals surface area contributed by atoms with Crippen LogP contribution < -0.4 is 0 Å². The monoisotopic (exact) mass is 261 g/mol. The number of nitrogens with one attached hydrogen (secondary N) is 1. The van der Waals surface area contributed by atoms with Gasteiger partial charge in [0.1, 0.15) is 5.82 Å². The Labute approximate surface area is 113 Å². The van der Waals surface area contributed by atoms with E-state index in [2.05, 4.69) is 56.1 Å². The predicted octanol–water partition coefficient (Wildman–Crippen LogP) is 3.79. The van der Waals surface area contributed by atoms with Gasteiger partial charge < -0.3 is 0 Å². The van der Waals surface area contributed by atoms with Crippen LogP contribution in [0, 0.1) is 4.77 Å². The first kappa shape index (κ1) is 13.0. The van der Waals surface area contributed by atoms with Gasteiger partial charge in [0.05, 0.1) is 5.69 Å². The van der Waals surface area contributed by atoms with Gasteiger partial charge in [-0.25, -0.2) is 0 Å². The van der Waals surface area contributed by atoms with Crippen LogP contribution in [0.2, 0.25) is 0 Å². The van der Waals surface area contributed by atoms with Crippen molar-refractivity contribution in [3.63, 3.8) is 0 Å². The van der Waals surface area contributed by atoms with Crippen LogP contribution in [0.15, 0.2) is 24.3 Å². The maximum atomic E-state index is 5.35. The third-order valence-corrected chi connectivity index (χ3v) is 3.28. The lowest BCUT2D eigenvalue weighted by atomic mass is 9.86. The van der Waals surface area contributed by atoms with Crippen LogP contribution >= 0.6 is 12.2 Å². The fourth-order valence-corrected chi connectivity index (χ4v) is 2.37. The van der Waals surface area contributed by atoms with Gasteiger partial charge in [0.25, 0.3) is 0 Å². The van der Waals surface area contributed by atoms with Crippen molar-refractivity contribution in [3.05, 3.63) is 40.4 Å². The summed E-state index contributed by atoms with van der Waals surface area (Å²) in [5, 5.41) is 7.16. The second-order valence-corrected chi connectivity index (χ2v) is 5.79. The second kappa shape index (κ2) is 4.69. The number of hydrogen-bond donors (Lipinski definition) is 1. The summed E-state index contributed by atoms with van der Waals surface area (Å²) in [6.45, 7) is 8.71. The van der Waals surface area contributed by atoms with Crippen molar-refractivity contribution < 1.29 is 0 Å². The molecule has 0 fully saturated rings. The largest absolute Gasteiger partial charge is 0.272 e. The zero-order valence-corrected chi connectivity index (χ0v) is 12.1. The number of aromatic amines is 1. The van der Waals surface area contributed by atoms with E-state index < -0.39 is 0 Å². The van der Waals surface area contributed by atoms with Crippen molar-refractivity contribution in [2.24, 2.45) is 0 Å². The third kappa shape index (κ3) is 2.25. The standard InChI is InChI=1S/C14H19N3S/c1-5-12-15-16-13(18)17(12)11-9-7-6-8-10(11)14(2,3)4/h6-9H,5H2,1-4H3,(H,16,18). The van der Waals surface area contributed by atoms with Gasteiger partial charge in [-0.1, -0.05) is 45.9 Å². The lowest BCUT2D eigenvalue weighted by molar-refractivity contribution is 0.585. The minimum atomic E-state index is 0.0770. The van der Waals surface area contributed by atoms with Crippen LogP contribution in [0.1, 0.15) is 39.1 Å². The van der Waals surface area contributed by atoms with Crippen LogP contribution in [0.4, 0.5) is 0 Å². The Kier molecular flexibility index (Phi) is 3.39. The van der Waals surface area contributed by atoms with E-state index in [4.69, 9.17) is 12.2 Å². The smallest absolute Gasteiger partial charge is 0.199 e. The summed E-state index contributed by atoms with van der Waals surface area (Å²) < 4.78 is 2.69. The molecule has 0 bridgehead atoms. The van der Waals surface area contributed by atoms with Crippen molar-refractivity contribution >= 4 is 12.2 Å². The van der Waals surface area contributed by atoms with E-state index in [1.807, 2.05) is 10.6 Å². The van der Waals surface area contributed by atoms with Gasteiger partial charge in [0.2, 0.25) is 0 Å². The van der Waals surface area contributed by atoms with E-state index in [0.29, 0.717) is 4.77 Å². The molecule has 0 atom stereocenters. The molecular weight excluding hydrogens is 242 g/mol. The van der Waals surface area contributed by atoms with Crippen LogP contribution in [0.25, 0.3) is 5.69 Å². The molecule has 1 heterocycles. The van der Waals surface area contributed by atoms with Crippen molar-refractivity contribution in [1.29, 1.82) is 0 Å². The second-order valence-electron chi connectivity index (χ2n) is 5.40. The van der Waals surface area contributed by atoms with Gasteiger partial charge >= 0.3 is 0 Å². The van der Waals surface area contributed by atoms with Crippen LogP contribution in [-0.4, -0.2) is 14.8 Å². The van der Waals surface area contributed by atoms with E-state index in [1.54, 1.807) is 0 Å². The molecule has 0 saturated heterocycles. The highest BCUT2D eigenvalue weighted by atomic mass is 32.1. The number of hydrogen-bond acceptors (Lipinski definition) is 2. The van der Waals surface area contributed by atoms with Gasteiger partial charge in [-0.3, -0.25) is 9.67 Å². The summed E-state index contributed by atoms with van der Waals surface area (Å²) >= 11 is 5.35. The molecule has 1 aromatic carbocycles. The zero-order valence-electron chi connectivity index (χ0n) is 11.3. The molecule has 4 heteroatoms. The number of aromatic nitrogens is 3.